The third-order valence-electron chi connectivity index (χ3n) is 2.77. The summed E-state index contributed by atoms with van der Waals surface area (Å²) in [6.07, 6.45) is 0. The molecule has 0 unspecified atom stereocenters. The molecule has 0 bridgehead atoms. The van der Waals surface area contributed by atoms with Crippen LogP contribution in [0.4, 0.5) is 0 Å². The highest BCUT2D eigenvalue weighted by molar-refractivity contribution is 6.43. The number of H-pyrrole nitrogens is 1. The first kappa shape index (κ1) is 15.5. The lowest BCUT2D eigenvalue weighted by Crippen LogP contribution is -2.23. The van der Waals surface area contributed by atoms with E-state index in [1.807, 2.05) is 0 Å². The van der Waals surface area contributed by atoms with Crippen molar-refractivity contribution in [3.63, 3.8) is 0 Å². The Balaban J connectivity index is 2.64. The second-order valence-corrected chi connectivity index (χ2v) is 5.00. The lowest BCUT2D eigenvalue weighted by molar-refractivity contribution is 0.0517. The van der Waals surface area contributed by atoms with Crippen molar-refractivity contribution in [3.05, 3.63) is 50.0 Å². The van der Waals surface area contributed by atoms with Crippen molar-refractivity contribution >= 4 is 29.2 Å². The number of carbonyl (C=O) groups excluding carboxylic acids is 1. The number of carbonyl (C=O) groups is 1. The van der Waals surface area contributed by atoms with Crippen LogP contribution in [0.15, 0.2) is 23.0 Å². The van der Waals surface area contributed by atoms with Crippen LogP contribution in [-0.2, 0) is 4.74 Å². The summed E-state index contributed by atoms with van der Waals surface area (Å²) in [4.78, 5) is 30.2. The molecule has 0 saturated carbocycles. The molecule has 0 aliphatic rings. The second kappa shape index (κ2) is 6.28. The zero-order valence-electron chi connectivity index (χ0n) is 11.4. The summed E-state index contributed by atoms with van der Waals surface area (Å²) in [5.41, 5.74) is 0.479. The first-order valence-electron chi connectivity index (χ1n) is 6.18. The number of rotatable bonds is 3. The molecule has 110 valence electrons. The van der Waals surface area contributed by atoms with Crippen molar-refractivity contribution in [1.82, 2.24) is 9.97 Å². The Hall–Kier alpha value is -1.85. The molecule has 0 aliphatic carbocycles. The maximum Gasteiger partial charge on any atom is 0.362 e. The summed E-state index contributed by atoms with van der Waals surface area (Å²) in [5.74, 6) is -0.779. The average Bonchev–Trinajstić information content (AvgIpc) is 2.43. The first-order valence-corrected chi connectivity index (χ1v) is 6.93. The van der Waals surface area contributed by atoms with E-state index in [0.29, 0.717) is 27.0 Å². The van der Waals surface area contributed by atoms with E-state index >= 15 is 0 Å². The van der Waals surface area contributed by atoms with Crippen molar-refractivity contribution in [2.75, 3.05) is 6.61 Å². The lowest BCUT2D eigenvalue weighted by atomic mass is 10.1. The molecule has 5 nitrogen and oxygen atoms in total. The molecule has 1 N–H and O–H groups in total. The largest absolute Gasteiger partial charge is 0.461 e. The third kappa shape index (κ3) is 3.09. The molecule has 0 fully saturated rings. The van der Waals surface area contributed by atoms with Gasteiger partial charge in [0.2, 0.25) is 5.69 Å². The predicted octanol–water partition coefficient (Wildman–Crippen LogP) is 3.23. The van der Waals surface area contributed by atoms with Crippen LogP contribution in [0.3, 0.4) is 0 Å². The van der Waals surface area contributed by atoms with Crippen molar-refractivity contribution in [2.45, 2.75) is 13.8 Å². The van der Waals surface area contributed by atoms with Crippen molar-refractivity contribution < 1.29 is 9.53 Å². The number of aryl methyl sites for hydroxylation is 1. The van der Waals surface area contributed by atoms with Gasteiger partial charge in [0.05, 0.1) is 22.3 Å². The van der Waals surface area contributed by atoms with Gasteiger partial charge in [-0.3, -0.25) is 4.79 Å². The van der Waals surface area contributed by atoms with Gasteiger partial charge in [0, 0.05) is 11.3 Å². The Morgan fingerprint density at radius 1 is 1.38 bits per heavy atom. The van der Waals surface area contributed by atoms with E-state index in [4.69, 9.17) is 27.9 Å². The van der Waals surface area contributed by atoms with Gasteiger partial charge in [0.25, 0.3) is 5.56 Å². The van der Waals surface area contributed by atoms with E-state index in [-0.39, 0.29) is 12.3 Å². The van der Waals surface area contributed by atoms with E-state index in [9.17, 15) is 9.59 Å². The van der Waals surface area contributed by atoms with Crippen molar-refractivity contribution in [2.24, 2.45) is 0 Å². The topological polar surface area (TPSA) is 72.0 Å². The highest BCUT2D eigenvalue weighted by Crippen LogP contribution is 2.33. The maximum atomic E-state index is 11.8. The van der Waals surface area contributed by atoms with Crippen LogP contribution < -0.4 is 5.56 Å². The number of esters is 1. The molecular weight excluding hydrogens is 315 g/mol. The molecule has 0 atom stereocenters. The number of nitrogens with zero attached hydrogens (tertiary/aromatic N) is 1. The van der Waals surface area contributed by atoms with Crippen LogP contribution in [0.25, 0.3) is 11.3 Å². The molecule has 1 aromatic carbocycles. The van der Waals surface area contributed by atoms with E-state index in [1.165, 1.54) is 0 Å². The van der Waals surface area contributed by atoms with Crippen LogP contribution in [0, 0.1) is 6.92 Å². The number of aromatic amines is 1. The Morgan fingerprint density at radius 3 is 2.76 bits per heavy atom. The summed E-state index contributed by atoms with van der Waals surface area (Å²) in [7, 11) is 0. The van der Waals surface area contributed by atoms with Gasteiger partial charge in [-0.15, -0.1) is 0 Å². The van der Waals surface area contributed by atoms with Gasteiger partial charge in [-0.1, -0.05) is 35.3 Å². The SMILES string of the molecule is CCOC(=O)c1nc(-c2cccc(Cl)c2Cl)c(C)[nH]c1=O. The van der Waals surface area contributed by atoms with Crippen LogP contribution in [0.1, 0.15) is 23.1 Å². The number of benzene rings is 1. The minimum absolute atomic E-state index is 0.154. The number of aromatic nitrogens is 2. The number of hydrogen-bond acceptors (Lipinski definition) is 4. The Morgan fingerprint density at radius 2 is 2.10 bits per heavy atom. The molecule has 1 heterocycles. The minimum Gasteiger partial charge on any atom is -0.461 e. The van der Waals surface area contributed by atoms with Crippen molar-refractivity contribution in [3.8, 4) is 11.3 Å². The summed E-state index contributed by atoms with van der Waals surface area (Å²) >= 11 is 12.1. The van der Waals surface area contributed by atoms with Crippen LogP contribution >= 0.6 is 23.2 Å². The van der Waals surface area contributed by atoms with Gasteiger partial charge in [-0.2, -0.15) is 0 Å². The maximum absolute atomic E-state index is 11.8. The number of nitrogens with one attached hydrogen (secondary N) is 1. The quantitative estimate of drug-likeness (QED) is 0.879. The first-order chi connectivity index (χ1) is 9.95. The smallest absolute Gasteiger partial charge is 0.362 e. The molecule has 0 saturated heterocycles. The van der Waals surface area contributed by atoms with Gasteiger partial charge < -0.3 is 9.72 Å². The zero-order valence-corrected chi connectivity index (χ0v) is 12.9. The molecule has 7 heteroatoms. The predicted molar refractivity (Wildman–Crippen MR) is 81.0 cm³/mol. The van der Waals surface area contributed by atoms with Crippen LogP contribution in [-0.4, -0.2) is 22.5 Å². The Bertz CT molecular complexity index is 756. The highest BCUT2D eigenvalue weighted by atomic mass is 35.5. The summed E-state index contributed by atoms with van der Waals surface area (Å²) in [6.45, 7) is 3.46. The molecule has 0 radical (unpaired) electrons. The molecule has 2 aromatic rings. The molecule has 0 aliphatic heterocycles. The molecule has 0 spiro atoms. The third-order valence-corrected chi connectivity index (χ3v) is 3.59. The zero-order chi connectivity index (χ0) is 15.6. The normalized spacial score (nSPS) is 10.5. The fourth-order valence-electron chi connectivity index (χ4n) is 1.82. The monoisotopic (exact) mass is 326 g/mol. The molecule has 1 aromatic heterocycles. The Labute approximate surface area is 130 Å². The van der Waals surface area contributed by atoms with Gasteiger partial charge in [0.15, 0.2) is 0 Å². The second-order valence-electron chi connectivity index (χ2n) is 4.21. The summed E-state index contributed by atoms with van der Waals surface area (Å²) in [5, 5.41) is 0.663. The number of hydrogen-bond donors (Lipinski definition) is 1. The van der Waals surface area contributed by atoms with Gasteiger partial charge in [-0.25, -0.2) is 9.78 Å². The Kier molecular flexibility index (Phi) is 4.65. The van der Waals surface area contributed by atoms with E-state index < -0.39 is 11.5 Å². The fourth-order valence-corrected chi connectivity index (χ4v) is 2.21. The van der Waals surface area contributed by atoms with Crippen LogP contribution in [0.5, 0.6) is 0 Å². The molecular formula is C14H12Cl2N2O3. The molecule has 21 heavy (non-hydrogen) atoms. The van der Waals surface area contributed by atoms with E-state index in [2.05, 4.69) is 9.97 Å². The minimum atomic E-state index is -0.779. The number of halogens is 2. The summed E-state index contributed by atoms with van der Waals surface area (Å²) in [6, 6.07) is 5.05. The van der Waals surface area contributed by atoms with E-state index in [0.717, 1.165) is 0 Å². The average molecular weight is 327 g/mol. The molecule has 2 rings (SSSR count). The standard InChI is InChI=1S/C14H12Cl2N2O3/c1-3-21-14(20)12-13(19)17-7(2)11(18-12)8-5-4-6-9(15)10(8)16/h4-6H,3H2,1-2H3,(H,17,19). The highest BCUT2D eigenvalue weighted by Gasteiger charge is 2.19. The van der Waals surface area contributed by atoms with Gasteiger partial charge in [0.1, 0.15) is 0 Å². The summed E-state index contributed by atoms with van der Waals surface area (Å²) < 4.78 is 4.81. The molecule has 0 amide bonds. The van der Waals surface area contributed by atoms with Crippen molar-refractivity contribution in [1.29, 1.82) is 0 Å². The van der Waals surface area contributed by atoms with Gasteiger partial charge >= 0.3 is 5.97 Å². The van der Waals surface area contributed by atoms with Gasteiger partial charge in [-0.05, 0) is 19.9 Å². The van der Waals surface area contributed by atoms with E-state index in [1.54, 1.807) is 32.0 Å². The fraction of sp³-hybridized carbons (Fsp3) is 0.214. The number of ether oxygens (including phenoxy) is 1. The lowest BCUT2D eigenvalue weighted by Gasteiger charge is -2.09. The van der Waals surface area contributed by atoms with Crippen LogP contribution in [0.2, 0.25) is 10.0 Å².